The summed E-state index contributed by atoms with van der Waals surface area (Å²) in [5.74, 6) is 2.67. The Morgan fingerprint density at radius 1 is 1.12 bits per heavy atom. The summed E-state index contributed by atoms with van der Waals surface area (Å²) in [4.78, 5) is 17.0. The van der Waals surface area contributed by atoms with Crippen molar-refractivity contribution in [2.45, 2.75) is 57.7 Å². The summed E-state index contributed by atoms with van der Waals surface area (Å²) < 4.78 is 25.8. The summed E-state index contributed by atoms with van der Waals surface area (Å²) >= 11 is 6.34. The van der Waals surface area contributed by atoms with Crippen LogP contribution in [0.3, 0.4) is 0 Å². The van der Waals surface area contributed by atoms with Crippen molar-refractivity contribution in [2.75, 3.05) is 24.6 Å². The highest BCUT2D eigenvalue weighted by Crippen LogP contribution is 2.47. The zero-order valence-corrected chi connectivity index (χ0v) is 20.3. The Morgan fingerprint density at radius 2 is 1.85 bits per heavy atom. The highest BCUT2D eigenvalue weighted by Gasteiger charge is 2.48. The van der Waals surface area contributed by atoms with Crippen LogP contribution >= 0.6 is 11.6 Å². The van der Waals surface area contributed by atoms with Crippen LogP contribution in [-0.2, 0) is 27.7 Å². The van der Waals surface area contributed by atoms with E-state index in [-0.39, 0.29) is 28.9 Å². The van der Waals surface area contributed by atoms with Gasteiger partial charge in [0.05, 0.1) is 23.7 Å². The molecule has 176 valence electrons. The molecule has 6 rings (SSSR count). The number of amides is 1. The summed E-state index contributed by atoms with van der Waals surface area (Å²) in [5, 5.41) is 9.83. The fraction of sp³-hybridized carbons (Fsp3) is 0.609. The second-order valence-electron chi connectivity index (χ2n) is 10.3. The number of carbonyl (C=O) groups is 1. The number of aromatic nitrogens is 3. The number of carbonyl (C=O) groups excluding carboxylic acids is 1. The molecule has 1 aromatic carbocycles. The van der Waals surface area contributed by atoms with Gasteiger partial charge in [-0.05, 0) is 49.4 Å². The van der Waals surface area contributed by atoms with Gasteiger partial charge in [-0.2, -0.15) is 0 Å². The smallest absolute Gasteiger partial charge is 0.228 e. The molecule has 10 heteroatoms. The standard InChI is InChI=1S/C23H28ClN5O3S/c1-23(6-7-23)22(30)27-8-4-15(5-9-27)21-26-25-20-12-28(18-13-33(31,32)14-18)11-16-10-17(24)2-3-19(16)29(20)21/h2-3,10,15,18H,4-9,11-14H2,1H3. The van der Waals surface area contributed by atoms with Gasteiger partial charge >= 0.3 is 0 Å². The molecule has 1 amide bonds. The van der Waals surface area contributed by atoms with E-state index in [9.17, 15) is 13.2 Å². The number of hydrogen-bond acceptors (Lipinski definition) is 6. The van der Waals surface area contributed by atoms with Crippen LogP contribution in [0.2, 0.25) is 5.02 Å². The molecule has 1 saturated carbocycles. The molecule has 4 aliphatic rings. The minimum absolute atomic E-state index is 0.00780. The van der Waals surface area contributed by atoms with Crippen LogP contribution in [0.15, 0.2) is 18.2 Å². The third-order valence-electron chi connectivity index (χ3n) is 7.83. The molecular weight excluding hydrogens is 462 g/mol. The molecule has 0 radical (unpaired) electrons. The van der Waals surface area contributed by atoms with Gasteiger partial charge in [-0.1, -0.05) is 18.5 Å². The molecule has 1 aromatic heterocycles. The summed E-state index contributed by atoms with van der Waals surface area (Å²) in [7, 11) is -2.93. The number of sulfone groups is 1. The number of likely N-dealkylation sites (tertiary alicyclic amines) is 1. The Kier molecular flexibility index (Phi) is 4.91. The molecule has 0 spiro atoms. The van der Waals surface area contributed by atoms with Gasteiger partial charge in [-0.3, -0.25) is 14.3 Å². The van der Waals surface area contributed by atoms with Crippen molar-refractivity contribution >= 4 is 27.3 Å². The first-order valence-corrected chi connectivity index (χ1v) is 13.9. The van der Waals surface area contributed by atoms with Crippen molar-refractivity contribution in [2.24, 2.45) is 5.41 Å². The minimum atomic E-state index is -2.93. The molecular formula is C23H28ClN5O3S. The third-order valence-corrected chi connectivity index (χ3v) is 9.85. The summed E-state index contributed by atoms with van der Waals surface area (Å²) in [6.07, 6.45) is 3.74. The highest BCUT2D eigenvalue weighted by atomic mass is 35.5. The van der Waals surface area contributed by atoms with E-state index in [2.05, 4.69) is 26.6 Å². The van der Waals surface area contributed by atoms with E-state index in [0.717, 1.165) is 61.7 Å². The van der Waals surface area contributed by atoms with E-state index < -0.39 is 9.84 Å². The lowest BCUT2D eigenvalue weighted by Gasteiger charge is -2.35. The number of hydrogen-bond donors (Lipinski definition) is 0. The molecule has 2 aromatic rings. The second-order valence-corrected chi connectivity index (χ2v) is 12.9. The van der Waals surface area contributed by atoms with Crippen molar-refractivity contribution in [3.63, 3.8) is 0 Å². The van der Waals surface area contributed by atoms with Gasteiger partial charge in [0.15, 0.2) is 15.7 Å². The molecule has 3 aliphatic heterocycles. The Balaban J connectivity index is 1.29. The number of halogens is 1. The molecule has 33 heavy (non-hydrogen) atoms. The van der Waals surface area contributed by atoms with Gasteiger partial charge in [-0.25, -0.2) is 8.42 Å². The molecule has 3 fully saturated rings. The van der Waals surface area contributed by atoms with E-state index in [1.165, 1.54) is 0 Å². The molecule has 0 unspecified atom stereocenters. The van der Waals surface area contributed by atoms with E-state index in [4.69, 9.17) is 11.6 Å². The first kappa shape index (κ1) is 21.6. The maximum Gasteiger partial charge on any atom is 0.228 e. The van der Waals surface area contributed by atoms with Gasteiger partial charge in [0.1, 0.15) is 5.82 Å². The average molecular weight is 490 g/mol. The summed E-state index contributed by atoms with van der Waals surface area (Å²) in [6, 6.07) is 5.86. The average Bonchev–Trinajstić information content (AvgIpc) is 3.43. The van der Waals surface area contributed by atoms with Crippen LogP contribution in [-0.4, -0.2) is 69.5 Å². The summed E-state index contributed by atoms with van der Waals surface area (Å²) in [5.41, 5.74) is 1.94. The quantitative estimate of drug-likeness (QED) is 0.658. The number of nitrogens with zero attached hydrogens (tertiary/aromatic N) is 5. The molecule has 8 nitrogen and oxygen atoms in total. The Morgan fingerprint density at radius 3 is 2.52 bits per heavy atom. The van der Waals surface area contributed by atoms with E-state index in [1.807, 2.05) is 23.1 Å². The largest absolute Gasteiger partial charge is 0.342 e. The predicted molar refractivity (Wildman–Crippen MR) is 124 cm³/mol. The highest BCUT2D eigenvalue weighted by molar-refractivity contribution is 7.92. The first-order valence-electron chi connectivity index (χ1n) is 11.7. The number of benzene rings is 1. The lowest BCUT2D eigenvalue weighted by Crippen LogP contribution is -2.52. The van der Waals surface area contributed by atoms with Crippen LogP contribution < -0.4 is 0 Å². The van der Waals surface area contributed by atoms with Gasteiger partial charge in [0.25, 0.3) is 0 Å². The molecule has 4 heterocycles. The normalized spacial score (nSPS) is 24.5. The number of rotatable bonds is 3. The van der Waals surface area contributed by atoms with Crippen LogP contribution in [0, 0.1) is 5.41 Å². The monoisotopic (exact) mass is 489 g/mol. The predicted octanol–water partition coefficient (Wildman–Crippen LogP) is 2.54. The number of piperidine rings is 1. The van der Waals surface area contributed by atoms with E-state index in [0.29, 0.717) is 24.0 Å². The maximum atomic E-state index is 12.8. The van der Waals surface area contributed by atoms with Gasteiger partial charge in [0.2, 0.25) is 5.91 Å². The first-order chi connectivity index (χ1) is 15.7. The van der Waals surface area contributed by atoms with Crippen molar-refractivity contribution in [3.8, 4) is 5.69 Å². The SMILES string of the molecule is CC1(C(=O)N2CCC(c3nnc4n3-c3ccc(Cl)cc3CN(C3CS(=O)(=O)C3)C4)CC2)CC1. The maximum absolute atomic E-state index is 12.8. The Hall–Kier alpha value is -1.97. The van der Waals surface area contributed by atoms with Gasteiger partial charge in [0, 0.05) is 42.0 Å². The van der Waals surface area contributed by atoms with Crippen molar-refractivity contribution in [1.29, 1.82) is 0 Å². The zero-order valence-electron chi connectivity index (χ0n) is 18.7. The van der Waals surface area contributed by atoms with Crippen LogP contribution in [0.1, 0.15) is 55.7 Å². The molecule has 0 N–H and O–H groups in total. The van der Waals surface area contributed by atoms with Gasteiger partial charge < -0.3 is 4.90 Å². The zero-order chi connectivity index (χ0) is 23.0. The van der Waals surface area contributed by atoms with Crippen molar-refractivity contribution in [1.82, 2.24) is 24.6 Å². The Labute approximate surface area is 198 Å². The van der Waals surface area contributed by atoms with Crippen LogP contribution in [0.5, 0.6) is 0 Å². The fourth-order valence-electron chi connectivity index (χ4n) is 5.45. The molecule has 1 aliphatic carbocycles. The van der Waals surface area contributed by atoms with E-state index >= 15 is 0 Å². The molecule has 0 atom stereocenters. The fourth-order valence-corrected chi connectivity index (χ4v) is 7.14. The molecule has 0 bridgehead atoms. The lowest BCUT2D eigenvalue weighted by molar-refractivity contribution is -0.137. The minimum Gasteiger partial charge on any atom is -0.342 e. The topological polar surface area (TPSA) is 88.4 Å². The summed E-state index contributed by atoms with van der Waals surface area (Å²) in [6.45, 7) is 4.75. The second kappa shape index (κ2) is 7.52. The lowest BCUT2D eigenvalue weighted by atomic mass is 9.94. The molecule has 2 saturated heterocycles. The van der Waals surface area contributed by atoms with Crippen LogP contribution in [0.4, 0.5) is 0 Å². The van der Waals surface area contributed by atoms with Gasteiger partial charge in [-0.15, -0.1) is 10.2 Å². The Bertz CT molecular complexity index is 1220. The van der Waals surface area contributed by atoms with E-state index in [1.54, 1.807) is 0 Å². The third kappa shape index (κ3) is 3.78. The van der Waals surface area contributed by atoms with Crippen molar-refractivity contribution in [3.05, 3.63) is 40.4 Å². The number of fused-ring (bicyclic) bond motifs is 3. The van der Waals surface area contributed by atoms with Crippen molar-refractivity contribution < 1.29 is 13.2 Å². The van der Waals surface area contributed by atoms with Crippen LogP contribution in [0.25, 0.3) is 5.69 Å².